The molecular formula is C43H26Cl2N4. The molecule has 1 aliphatic heterocycles. The van der Waals surface area contributed by atoms with E-state index in [1.165, 1.54) is 66.3 Å². The summed E-state index contributed by atoms with van der Waals surface area (Å²) in [6.45, 7) is 4.72. The summed E-state index contributed by atoms with van der Waals surface area (Å²) in [5.41, 5.74) is 16.1. The molecule has 1 spiro atoms. The number of benzene rings is 6. The Bertz CT molecular complexity index is 2720. The highest BCUT2D eigenvalue weighted by atomic mass is 35.5. The third-order valence-electron chi connectivity index (χ3n) is 11.3. The van der Waals surface area contributed by atoms with Crippen LogP contribution in [0.2, 0.25) is 10.6 Å². The zero-order valence-electron chi connectivity index (χ0n) is 26.6. The standard InChI is InChI=1S/C43H26Cl2N4/c1-42(2)27-13-5-7-15-29(27)43(30-16-8-6-14-28(30)42)31-22-20-26(39-46-40(44)48-41(45)47-39)35-25-12-4-10-18-34(25)49-33-17-9-3-11-23(33)24-19-21-32(43)37(36(31)35)38(24)49/h3-22H,1-2H3. The highest BCUT2D eigenvalue weighted by Gasteiger charge is 2.55. The minimum Gasteiger partial charge on any atom is -0.308 e. The van der Waals surface area contributed by atoms with Crippen molar-refractivity contribution >= 4 is 45.0 Å². The second kappa shape index (κ2) is 9.23. The van der Waals surface area contributed by atoms with Gasteiger partial charge in [-0.2, -0.15) is 15.0 Å². The lowest BCUT2D eigenvalue weighted by Gasteiger charge is -2.46. The first-order valence-electron chi connectivity index (χ1n) is 16.5. The van der Waals surface area contributed by atoms with Crippen LogP contribution in [0.5, 0.6) is 0 Å². The molecule has 0 unspecified atom stereocenters. The molecule has 0 saturated carbocycles. The van der Waals surface area contributed by atoms with E-state index in [-0.39, 0.29) is 16.0 Å². The van der Waals surface area contributed by atoms with Gasteiger partial charge in [-0.05, 0) is 74.3 Å². The molecule has 6 aromatic carbocycles. The Kier molecular flexibility index (Phi) is 5.21. The van der Waals surface area contributed by atoms with Crippen molar-refractivity contribution in [2.75, 3.05) is 0 Å². The van der Waals surface area contributed by atoms with E-state index in [9.17, 15) is 0 Å². The molecule has 49 heavy (non-hydrogen) atoms. The van der Waals surface area contributed by atoms with Gasteiger partial charge in [-0.15, -0.1) is 0 Å². The van der Waals surface area contributed by atoms with E-state index >= 15 is 0 Å². The zero-order valence-corrected chi connectivity index (χ0v) is 28.1. The van der Waals surface area contributed by atoms with E-state index in [1.807, 2.05) is 0 Å². The zero-order chi connectivity index (χ0) is 32.8. The smallest absolute Gasteiger partial charge is 0.227 e. The third-order valence-corrected chi connectivity index (χ3v) is 11.7. The molecule has 0 fully saturated rings. The van der Waals surface area contributed by atoms with Crippen LogP contribution in [0.4, 0.5) is 0 Å². The van der Waals surface area contributed by atoms with Crippen LogP contribution in [0.1, 0.15) is 47.2 Å². The number of halogens is 2. The Morgan fingerprint density at radius 1 is 0.490 bits per heavy atom. The quantitative estimate of drug-likeness (QED) is 0.175. The monoisotopic (exact) mass is 668 g/mol. The van der Waals surface area contributed by atoms with Gasteiger partial charge >= 0.3 is 0 Å². The lowest BCUT2D eigenvalue weighted by molar-refractivity contribution is 0.563. The average molecular weight is 670 g/mol. The van der Waals surface area contributed by atoms with Crippen molar-refractivity contribution in [1.29, 1.82) is 0 Å². The average Bonchev–Trinajstić information content (AvgIpc) is 3.56. The van der Waals surface area contributed by atoms with E-state index in [4.69, 9.17) is 23.2 Å². The Morgan fingerprint density at radius 3 is 1.82 bits per heavy atom. The molecular weight excluding hydrogens is 643 g/mol. The van der Waals surface area contributed by atoms with Crippen molar-refractivity contribution in [2.45, 2.75) is 24.7 Å². The molecule has 2 aliphatic carbocycles. The molecule has 0 bridgehead atoms. The molecule has 0 radical (unpaired) electrons. The molecule has 3 aliphatic rings. The first kappa shape index (κ1) is 27.6. The summed E-state index contributed by atoms with van der Waals surface area (Å²) >= 11 is 12.9. The van der Waals surface area contributed by atoms with Crippen LogP contribution in [0.3, 0.4) is 0 Å². The van der Waals surface area contributed by atoms with Crippen LogP contribution in [-0.2, 0) is 10.8 Å². The second-order valence-corrected chi connectivity index (χ2v) is 14.5. The molecule has 8 aromatic rings. The minimum atomic E-state index is -0.559. The van der Waals surface area contributed by atoms with E-state index in [0.717, 1.165) is 22.4 Å². The van der Waals surface area contributed by atoms with Crippen LogP contribution >= 0.6 is 23.2 Å². The number of aromatic nitrogens is 4. The summed E-state index contributed by atoms with van der Waals surface area (Å²) in [5.74, 6) is 0.453. The SMILES string of the molecule is CC1(C)c2ccccc2C2(c3ccccc31)c1ccc(-c3nc(Cl)nc(Cl)n3)c3c1-c1c2ccc2c4ccccc4n(c12)-c1ccccc1-3. The number of para-hydroxylation sites is 2. The van der Waals surface area contributed by atoms with Crippen molar-refractivity contribution in [1.82, 2.24) is 19.5 Å². The predicted octanol–water partition coefficient (Wildman–Crippen LogP) is 10.9. The fraction of sp³-hybridized carbons (Fsp3) is 0.0930. The van der Waals surface area contributed by atoms with Crippen molar-refractivity contribution in [3.05, 3.63) is 165 Å². The van der Waals surface area contributed by atoms with Crippen LogP contribution in [0.25, 0.3) is 61.1 Å². The molecule has 4 nitrogen and oxygen atoms in total. The first-order chi connectivity index (χ1) is 23.9. The predicted molar refractivity (Wildman–Crippen MR) is 198 cm³/mol. The maximum Gasteiger partial charge on any atom is 0.227 e. The van der Waals surface area contributed by atoms with Gasteiger partial charge in [0.1, 0.15) is 0 Å². The van der Waals surface area contributed by atoms with Gasteiger partial charge in [-0.25, -0.2) is 0 Å². The molecule has 6 heteroatoms. The van der Waals surface area contributed by atoms with Gasteiger partial charge in [-0.1, -0.05) is 123 Å². The molecule has 11 rings (SSSR count). The van der Waals surface area contributed by atoms with Gasteiger partial charge in [0.15, 0.2) is 5.82 Å². The van der Waals surface area contributed by atoms with Gasteiger partial charge in [-0.3, -0.25) is 0 Å². The first-order valence-corrected chi connectivity index (χ1v) is 17.3. The molecule has 0 saturated heterocycles. The number of nitrogens with zero attached hydrogens (tertiary/aromatic N) is 4. The molecule has 2 aromatic heterocycles. The van der Waals surface area contributed by atoms with Gasteiger partial charge < -0.3 is 4.57 Å². The summed E-state index contributed by atoms with van der Waals surface area (Å²) in [5, 5.41) is 2.60. The van der Waals surface area contributed by atoms with Crippen LogP contribution in [-0.4, -0.2) is 19.5 Å². The van der Waals surface area contributed by atoms with E-state index in [2.05, 4.69) is 155 Å². The Hall–Kier alpha value is -5.29. The maximum absolute atomic E-state index is 6.45. The van der Waals surface area contributed by atoms with Crippen LogP contribution < -0.4 is 0 Å². The number of rotatable bonds is 1. The molecule has 3 heterocycles. The van der Waals surface area contributed by atoms with Crippen molar-refractivity contribution < 1.29 is 0 Å². The van der Waals surface area contributed by atoms with Crippen LogP contribution in [0.15, 0.2) is 121 Å². The minimum absolute atomic E-state index is 0.0680. The lowest BCUT2D eigenvalue weighted by Crippen LogP contribution is -2.40. The third kappa shape index (κ3) is 3.20. The summed E-state index contributed by atoms with van der Waals surface area (Å²) in [6.07, 6.45) is 0. The Balaban J connectivity index is 1.44. The highest BCUT2D eigenvalue weighted by molar-refractivity contribution is 6.31. The second-order valence-electron chi connectivity index (χ2n) is 13.8. The van der Waals surface area contributed by atoms with E-state index < -0.39 is 5.41 Å². The molecule has 0 atom stereocenters. The topological polar surface area (TPSA) is 43.6 Å². The summed E-state index contributed by atoms with van der Waals surface area (Å²) in [6, 6.07) is 44.8. The van der Waals surface area contributed by atoms with Gasteiger partial charge in [0, 0.05) is 38.4 Å². The Labute approximate surface area is 292 Å². The van der Waals surface area contributed by atoms with E-state index in [1.54, 1.807) is 0 Å². The summed E-state index contributed by atoms with van der Waals surface area (Å²) in [4.78, 5) is 13.4. The molecule has 0 N–H and O–H groups in total. The number of hydrogen-bond donors (Lipinski definition) is 0. The van der Waals surface area contributed by atoms with Crippen molar-refractivity contribution in [2.24, 2.45) is 0 Å². The van der Waals surface area contributed by atoms with E-state index in [0.29, 0.717) is 5.82 Å². The van der Waals surface area contributed by atoms with Crippen molar-refractivity contribution in [3.8, 4) is 39.3 Å². The number of hydrogen-bond acceptors (Lipinski definition) is 3. The summed E-state index contributed by atoms with van der Waals surface area (Å²) in [7, 11) is 0. The van der Waals surface area contributed by atoms with Gasteiger partial charge in [0.05, 0.1) is 22.1 Å². The number of fused-ring (bicyclic) bond motifs is 12. The lowest BCUT2D eigenvalue weighted by atomic mass is 9.55. The van der Waals surface area contributed by atoms with Crippen molar-refractivity contribution in [3.63, 3.8) is 0 Å². The fourth-order valence-electron chi connectivity index (χ4n) is 9.57. The Morgan fingerprint density at radius 2 is 1.08 bits per heavy atom. The van der Waals surface area contributed by atoms with Gasteiger partial charge in [0.25, 0.3) is 0 Å². The summed E-state index contributed by atoms with van der Waals surface area (Å²) < 4.78 is 2.48. The largest absolute Gasteiger partial charge is 0.308 e. The normalized spacial score (nSPS) is 15.3. The molecule has 232 valence electrons. The highest BCUT2D eigenvalue weighted by Crippen LogP contribution is 2.66. The maximum atomic E-state index is 6.45. The fourth-order valence-corrected chi connectivity index (χ4v) is 9.93. The molecule has 0 amide bonds. The van der Waals surface area contributed by atoms with Gasteiger partial charge in [0.2, 0.25) is 10.6 Å². The van der Waals surface area contributed by atoms with Crippen LogP contribution in [0, 0.1) is 0 Å².